The Labute approximate surface area is 96.8 Å². The van der Waals surface area contributed by atoms with E-state index in [2.05, 4.69) is 4.74 Å². The van der Waals surface area contributed by atoms with Gasteiger partial charge in [0, 0.05) is 10.9 Å². The number of carbonyl (C=O) groups excluding carboxylic acids is 2. The van der Waals surface area contributed by atoms with Crippen LogP contribution in [0.4, 0.5) is 4.39 Å². The van der Waals surface area contributed by atoms with Gasteiger partial charge in [0.1, 0.15) is 5.82 Å². The number of rotatable bonds is 2. The first kappa shape index (κ1) is 11.3. The summed E-state index contributed by atoms with van der Waals surface area (Å²) in [5.41, 5.74) is 0.147. The normalized spacial score (nSPS) is 10.2. The average Bonchev–Trinajstić information content (AvgIpc) is 2.38. The Morgan fingerprint density at radius 1 is 1.06 bits per heavy atom. The van der Waals surface area contributed by atoms with Gasteiger partial charge < -0.3 is 4.74 Å². The van der Waals surface area contributed by atoms with Crippen molar-refractivity contribution < 1.29 is 18.7 Å². The summed E-state index contributed by atoms with van der Waals surface area (Å²) < 4.78 is 17.8. The zero-order valence-electron chi connectivity index (χ0n) is 9.07. The molecule has 0 saturated heterocycles. The number of ketones is 1. The molecular weight excluding hydrogens is 223 g/mol. The van der Waals surface area contributed by atoms with E-state index in [1.807, 2.05) is 0 Å². The summed E-state index contributed by atoms with van der Waals surface area (Å²) in [5.74, 6) is -2.16. The van der Waals surface area contributed by atoms with Crippen LogP contribution < -0.4 is 0 Å². The molecule has 0 aliphatic carbocycles. The summed E-state index contributed by atoms with van der Waals surface area (Å²) in [5, 5.41) is 0.713. The third-order valence-electron chi connectivity index (χ3n) is 2.49. The predicted molar refractivity (Wildman–Crippen MR) is 60.3 cm³/mol. The zero-order valence-corrected chi connectivity index (χ0v) is 9.07. The number of esters is 1. The van der Waals surface area contributed by atoms with E-state index in [0.717, 1.165) is 7.11 Å². The highest BCUT2D eigenvalue weighted by Crippen LogP contribution is 2.22. The molecular formula is C13H9FO3. The maximum Gasteiger partial charge on any atom is 0.379 e. The highest BCUT2D eigenvalue weighted by Gasteiger charge is 2.19. The fourth-order valence-electron chi connectivity index (χ4n) is 1.66. The number of ether oxygens (including phenoxy) is 1. The van der Waals surface area contributed by atoms with E-state index in [1.54, 1.807) is 24.3 Å². The number of carbonyl (C=O) groups is 2. The molecule has 0 aromatic heterocycles. The van der Waals surface area contributed by atoms with Crippen LogP contribution in [0.5, 0.6) is 0 Å². The van der Waals surface area contributed by atoms with E-state index in [1.165, 1.54) is 12.1 Å². The van der Waals surface area contributed by atoms with Gasteiger partial charge in [-0.1, -0.05) is 24.3 Å². The van der Waals surface area contributed by atoms with Crippen molar-refractivity contribution in [1.29, 1.82) is 0 Å². The van der Waals surface area contributed by atoms with Crippen LogP contribution in [0.3, 0.4) is 0 Å². The van der Waals surface area contributed by atoms with Gasteiger partial charge in [-0.3, -0.25) is 4.79 Å². The summed E-state index contributed by atoms with van der Waals surface area (Å²) in [6.07, 6.45) is 0. The van der Waals surface area contributed by atoms with Gasteiger partial charge in [0.05, 0.1) is 7.11 Å². The van der Waals surface area contributed by atoms with Gasteiger partial charge in [-0.25, -0.2) is 9.18 Å². The molecule has 0 atom stereocenters. The van der Waals surface area contributed by atoms with E-state index in [9.17, 15) is 14.0 Å². The smallest absolute Gasteiger partial charge is 0.379 e. The third-order valence-corrected chi connectivity index (χ3v) is 2.49. The van der Waals surface area contributed by atoms with Gasteiger partial charge in [0.2, 0.25) is 0 Å². The molecule has 0 radical (unpaired) electrons. The lowest BCUT2D eigenvalue weighted by Gasteiger charge is -2.05. The van der Waals surface area contributed by atoms with Crippen molar-refractivity contribution in [3.63, 3.8) is 0 Å². The molecule has 0 unspecified atom stereocenters. The number of methoxy groups -OCH3 is 1. The average molecular weight is 232 g/mol. The maximum absolute atomic E-state index is 13.5. The number of halogens is 1. The van der Waals surface area contributed by atoms with Crippen molar-refractivity contribution in [2.75, 3.05) is 7.11 Å². The number of hydrogen-bond donors (Lipinski definition) is 0. The van der Waals surface area contributed by atoms with Gasteiger partial charge in [-0.05, 0) is 17.5 Å². The van der Waals surface area contributed by atoms with Crippen molar-refractivity contribution in [1.82, 2.24) is 0 Å². The molecule has 86 valence electrons. The van der Waals surface area contributed by atoms with Crippen molar-refractivity contribution >= 4 is 22.5 Å². The SMILES string of the molecule is COC(=O)C(=O)c1ccc(F)c2ccccc12. The lowest BCUT2D eigenvalue weighted by atomic mass is 10.0. The summed E-state index contributed by atoms with van der Waals surface area (Å²) in [6.45, 7) is 0. The molecule has 0 saturated carbocycles. The monoisotopic (exact) mass is 232 g/mol. The molecule has 3 nitrogen and oxygen atoms in total. The molecule has 0 aliphatic rings. The minimum absolute atomic E-state index is 0.147. The fourth-order valence-corrected chi connectivity index (χ4v) is 1.66. The van der Waals surface area contributed by atoms with Crippen LogP contribution in [0.25, 0.3) is 10.8 Å². The maximum atomic E-state index is 13.5. The van der Waals surface area contributed by atoms with Crippen molar-refractivity contribution in [2.45, 2.75) is 0 Å². The Morgan fingerprint density at radius 2 is 1.71 bits per heavy atom. The van der Waals surface area contributed by atoms with Crippen LogP contribution in [0.15, 0.2) is 36.4 Å². The molecule has 0 heterocycles. The Morgan fingerprint density at radius 3 is 2.35 bits per heavy atom. The fraction of sp³-hybridized carbons (Fsp3) is 0.0769. The Balaban J connectivity index is 2.67. The van der Waals surface area contributed by atoms with Gasteiger partial charge in [0.25, 0.3) is 5.78 Å². The van der Waals surface area contributed by atoms with Crippen LogP contribution in [0.2, 0.25) is 0 Å². The Kier molecular flexibility index (Phi) is 2.87. The quantitative estimate of drug-likeness (QED) is 0.453. The number of Topliss-reactive ketones (excluding diaryl/α,β-unsaturated/α-hetero) is 1. The second kappa shape index (κ2) is 4.33. The van der Waals surface area contributed by atoms with Gasteiger partial charge in [-0.15, -0.1) is 0 Å². The van der Waals surface area contributed by atoms with E-state index < -0.39 is 17.6 Å². The lowest BCUT2D eigenvalue weighted by molar-refractivity contribution is -0.135. The van der Waals surface area contributed by atoms with E-state index in [-0.39, 0.29) is 5.56 Å². The van der Waals surface area contributed by atoms with E-state index in [0.29, 0.717) is 10.8 Å². The van der Waals surface area contributed by atoms with Crippen LogP contribution >= 0.6 is 0 Å². The van der Waals surface area contributed by atoms with Crippen LogP contribution in [0, 0.1) is 5.82 Å². The molecule has 2 aromatic rings. The molecule has 0 spiro atoms. The molecule has 2 aromatic carbocycles. The Bertz CT molecular complexity index is 605. The van der Waals surface area contributed by atoms with E-state index in [4.69, 9.17) is 0 Å². The third kappa shape index (κ3) is 1.89. The number of fused-ring (bicyclic) bond motifs is 1. The summed E-state index contributed by atoms with van der Waals surface area (Å²) >= 11 is 0. The molecule has 17 heavy (non-hydrogen) atoms. The first-order valence-corrected chi connectivity index (χ1v) is 4.95. The topological polar surface area (TPSA) is 43.4 Å². The summed E-state index contributed by atoms with van der Waals surface area (Å²) in [4.78, 5) is 22.9. The van der Waals surface area contributed by atoms with Crippen molar-refractivity contribution in [2.24, 2.45) is 0 Å². The molecule has 0 fully saturated rings. The molecule has 0 aliphatic heterocycles. The number of benzene rings is 2. The minimum atomic E-state index is -0.957. The number of hydrogen-bond acceptors (Lipinski definition) is 3. The van der Waals surface area contributed by atoms with Crippen LogP contribution in [-0.2, 0) is 9.53 Å². The predicted octanol–water partition coefficient (Wildman–Crippen LogP) is 2.33. The van der Waals surface area contributed by atoms with Crippen LogP contribution in [-0.4, -0.2) is 18.9 Å². The highest BCUT2D eigenvalue weighted by atomic mass is 19.1. The second-order valence-electron chi connectivity index (χ2n) is 3.46. The standard InChI is InChI=1S/C13H9FO3/c1-17-13(16)12(15)10-6-7-11(14)9-5-3-2-4-8(9)10/h2-7H,1H3. The molecule has 0 N–H and O–H groups in total. The van der Waals surface area contributed by atoms with Gasteiger partial charge >= 0.3 is 5.97 Å². The molecule has 2 rings (SSSR count). The Hall–Kier alpha value is -2.23. The van der Waals surface area contributed by atoms with Gasteiger partial charge in [0.15, 0.2) is 0 Å². The molecule has 0 bridgehead atoms. The lowest BCUT2D eigenvalue weighted by Crippen LogP contribution is -2.16. The van der Waals surface area contributed by atoms with E-state index >= 15 is 0 Å². The second-order valence-corrected chi connectivity index (χ2v) is 3.46. The van der Waals surface area contributed by atoms with Crippen LogP contribution in [0.1, 0.15) is 10.4 Å². The van der Waals surface area contributed by atoms with Crippen molar-refractivity contribution in [3.05, 3.63) is 47.8 Å². The van der Waals surface area contributed by atoms with Gasteiger partial charge in [-0.2, -0.15) is 0 Å². The first-order valence-electron chi connectivity index (χ1n) is 4.95. The highest BCUT2D eigenvalue weighted by molar-refractivity contribution is 6.42. The zero-order chi connectivity index (χ0) is 12.4. The molecule has 0 amide bonds. The summed E-state index contributed by atoms with van der Waals surface area (Å²) in [7, 11) is 1.13. The minimum Gasteiger partial charge on any atom is -0.463 e. The summed E-state index contributed by atoms with van der Waals surface area (Å²) in [6, 6.07) is 8.94. The first-order chi connectivity index (χ1) is 8.15. The largest absolute Gasteiger partial charge is 0.463 e. The molecule has 4 heteroatoms. The van der Waals surface area contributed by atoms with Crippen molar-refractivity contribution in [3.8, 4) is 0 Å².